The third kappa shape index (κ3) is 2.90. The number of rotatable bonds is 2. The van der Waals surface area contributed by atoms with Crippen molar-refractivity contribution in [3.05, 3.63) is 28.8 Å². The first-order chi connectivity index (χ1) is 12.1. The summed E-state index contributed by atoms with van der Waals surface area (Å²) in [7, 11) is 1.64. The summed E-state index contributed by atoms with van der Waals surface area (Å²) in [6.07, 6.45) is 5.34. The van der Waals surface area contributed by atoms with Crippen LogP contribution in [0.15, 0.2) is 12.1 Å². The fraction of sp³-hybridized carbons (Fsp3) is 0.600. The number of hydrogen-bond acceptors (Lipinski definition) is 3. The van der Waals surface area contributed by atoms with Gasteiger partial charge >= 0.3 is 0 Å². The second-order valence-electron chi connectivity index (χ2n) is 7.65. The van der Waals surface area contributed by atoms with Gasteiger partial charge in [0.05, 0.1) is 12.7 Å². The number of nitrogens with zero attached hydrogens (tertiary/aromatic N) is 2. The Kier molecular flexibility index (Phi) is 4.18. The van der Waals surface area contributed by atoms with E-state index in [9.17, 15) is 9.59 Å². The Morgan fingerprint density at radius 3 is 2.56 bits per heavy atom. The second-order valence-corrected chi connectivity index (χ2v) is 7.65. The van der Waals surface area contributed by atoms with Gasteiger partial charge in [0.1, 0.15) is 5.75 Å². The summed E-state index contributed by atoms with van der Waals surface area (Å²) >= 11 is 0. The van der Waals surface area contributed by atoms with Crippen molar-refractivity contribution in [2.24, 2.45) is 5.92 Å². The Labute approximate surface area is 148 Å². The molecule has 0 N–H and O–H groups in total. The molecule has 2 amide bonds. The number of carbonyl (C=O) groups is 2. The molecule has 1 aromatic rings. The third-order valence-corrected chi connectivity index (χ3v) is 6.06. The van der Waals surface area contributed by atoms with Gasteiger partial charge in [-0.1, -0.05) is 0 Å². The summed E-state index contributed by atoms with van der Waals surface area (Å²) in [5.41, 5.74) is 3.29. The molecule has 5 rings (SSSR count). The molecule has 0 aromatic heterocycles. The molecule has 2 bridgehead atoms. The standard InChI is InChI=1S/C20H26N2O3/c1-13(23)21-10-14-6-7-17(12-21)22(11-14)20(24)18-8-15-4-3-5-16(15)9-19(18)25-2/h8-9,14,17H,3-7,10-12H2,1-2H3/t14-,17+/m0/s1. The highest BCUT2D eigenvalue weighted by atomic mass is 16.5. The van der Waals surface area contributed by atoms with E-state index in [4.69, 9.17) is 4.74 Å². The highest BCUT2D eigenvalue weighted by Gasteiger charge is 2.39. The summed E-state index contributed by atoms with van der Waals surface area (Å²) in [4.78, 5) is 29.1. The number of fused-ring (bicyclic) bond motifs is 5. The quantitative estimate of drug-likeness (QED) is 0.828. The Morgan fingerprint density at radius 1 is 1.08 bits per heavy atom. The highest BCUT2D eigenvalue weighted by Crippen LogP contribution is 2.34. The average Bonchev–Trinajstić information content (AvgIpc) is 2.86. The maximum Gasteiger partial charge on any atom is 0.257 e. The summed E-state index contributed by atoms with van der Waals surface area (Å²) < 4.78 is 5.54. The van der Waals surface area contributed by atoms with Crippen molar-refractivity contribution >= 4 is 11.8 Å². The van der Waals surface area contributed by atoms with Gasteiger partial charge < -0.3 is 14.5 Å². The van der Waals surface area contributed by atoms with Crippen LogP contribution in [0.5, 0.6) is 5.75 Å². The molecule has 3 aliphatic heterocycles. The van der Waals surface area contributed by atoms with E-state index in [0.717, 1.165) is 45.2 Å². The molecule has 4 aliphatic rings. The van der Waals surface area contributed by atoms with Gasteiger partial charge in [-0.05, 0) is 61.3 Å². The van der Waals surface area contributed by atoms with E-state index in [1.807, 2.05) is 21.9 Å². The fourth-order valence-corrected chi connectivity index (χ4v) is 4.68. The summed E-state index contributed by atoms with van der Waals surface area (Å²) in [5.74, 6) is 1.24. The smallest absolute Gasteiger partial charge is 0.257 e. The SMILES string of the molecule is COc1cc2c(cc1C(=O)N1C[C@H]3CC[C@@H]1CN(C(C)=O)C3)CCC2. The lowest BCUT2D eigenvalue weighted by molar-refractivity contribution is -0.129. The van der Waals surface area contributed by atoms with Crippen LogP contribution in [0.3, 0.4) is 0 Å². The lowest BCUT2D eigenvalue weighted by Crippen LogP contribution is -2.47. The zero-order valence-corrected chi connectivity index (χ0v) is 15.1. The monoisotopic (exact) mass is 342 g/mol. The molecule has 3 heterocycles. The summed E-state index contributed by atoms with van der Waals surface area (Å²) in [5, 5.41) is 0. The normalized spacial score (nSPS) is 24.9. The van der Waals surface area contributed by atoms with Crippen LogP contribution in [-0.4, -0.2) is 54.4 Å². The Bertz CT molecular complexity index is 715. The van der Waals surface area contributed by atoms with E-state index in [1.165, 1.54) is 11.1 Å². The first-order valence-corrected chi connectivity index (χ1v) is 9.33. The zero-order chi connectivity index (χ0) is 17.6. The van der Waals surface area contributed by atoms with Crippen molar-refractivity contribution < 1.29 is 14.3 Å². The van der Waals surface area contributed by atoms with Crippen molar-refractivity contribution in [2.45, 2.75) is 45.1 Å². The summed E-state index contributed by atoms with van der Waals surface area (Å²) in [6, 6.07) is 4.21. The molecule has 0 saturated carbocycles. The highest BCUT2D eigenvalue weighted by molar-refractivity contribution is 5.97. The van der Waals surface area contributed by atoms with Gasteiger partial charge in [-0.25, -0.2) is 0 Å². The largest absolute Gasteiger partial charge is 0.496 e. The van der Waals surface area contributed by atoms with Gasteiger partial charge in [0.2, 0.25) is 5.91 Å². The van der Waals surface area contributed by atoms with Gasteiger partial charge in [-0.3, -0.25) is 9.59 Å². The maximum atomic E-state index is 13.3. The molecule has 2 atom stereocenters. The Morgan fingerprint density at radius 2 is 1.84 bits per heavy atom. The van der Waals surface area contributed by atoms with Crippen LogP contribution in [0.4, 0.5) is 0 Å². The maximum absolute atomic E-state index is 13.3. The molecule has 5 nitrogen and oxygen atoms in total. The lowest BCUT2D eigenvalue weighted by atomic mass is 9.93. The molecular formula is C20H26N2O3. The number of amides is 2. The van der Waals surface area contributed by atoms with Crippen LogP contribution >= 0.6 is 0 Å². The molecule has 0 unspecified atom stereocenters. The molecule has 3 fully saturated rings. The van der Waals surface area contributed by atoms with E-state index in [-0.39, 0.29) is 17.9 Å². The van der Waals surface area contributed by atoms with Crippen molar-refractivity contribution in [1.29, 1.82) is 0 Å². The van der Waals surface area contributed by atoms with Crippen LogP contribution < -0.4 is 4.74 Å². The van der Waals surface area contributed by atoms with Crippen molar-refractivity contribution in [3.63, 3.8) is 0 Å². The Balaban J connectivity index is 1.64. The molecule has 25 heavy (non-hydrogen) atoms. The number of carbonyl (C=O) groups excluding carboxylic acids is 2. The topological polar surface area (TPSA) is 49.9 Å². The first kappa shape index (κ1) is 16.4. The number of piperidine rings is 1. The van der Waals surface area contributed by atoms with E-state index in [0.29, 0.717) is 23.8 Å². The zero-order valence-electron chi connectivity index (χ0n) is 15.1. The van der Waals surface area contributed by atoms with E-state index < -0.39 is 0 Å². The second kappa shape index (κ2) is 6.36. The van der Waals surface area contributed by atoms with Gasteiger partial charge in [0.15, 0.2) is 0 Å². The average molecular weight is 342 g/mol. The number of methoxy groups -OCH3 is 1. The lowest BCUT2D eigenvalue weighted by Gasteiger charge is -2.36. The number of aryl methyl sites for hydroxylation is 2. The number of hydrogen-bond donors (Lipinski definition) is 0. The van der Waals surface area contributed by atoms with Gasteiger partial charge in [0.25, 0.3) is 5.91 Å². The minimum atomic E-state index is 0.0617. The molecule has 1 aromatic carbocycles. The van der Waals surface area contributed by atoms with Crippen molar-refractivity contribution in [1.82, 2.24) is 9.80 Å². The van der Waals surface area contributed by atoms with Crippen molar-refractivity contribution in [3.8, 4) is 5.75 Å². The van der Waals surface area contributed by atoms with Crippen LogP contribution in [0.25, 0.3) is 0 Å². The number of ether oxygens (including phenoxy) is 1. The third-order valence-electron chi connectivity index (χ3n) is 6.06. The van der Waals surface area contributed by atoms with Crippen LogP contribution in [0, 0.1) is 5.92 Å². The molecule has 3 saturated heterocycles. The minimum Gasteiger partial charge on any atom is -0.496 e. The predicted octanol–water partition coefficient (Wildman–Crippen LogP) is 2.27. The van der Waals surface area contributed by atoms with Gasteiger partial charge in [-0.2, -0.15) is 0 Å². The summed E-state index contributed by atoms with van der Waals surface area (Å²) in [6.45, 7) is 3.80. The number of benzene rings is 1. The molecule has 0 spiro atoms. The minimum absolute atomic E-state index is 0.0617. The molecule has 5 heteroatoms. The van der Waals surface area contributed by atoms with Crippen molar-refractivity contribution in [2.75, 3.05) is 26.7 Å². The first-order valence-electron chi connectivity index (χ1n) is 9.33. The van der Waals surface area contributed by atoms with Gasteiger partial charge in [-0.15, -0.1) is 0 Å². The van der Waals surface area contributed by atoms with Crippen LogP contribution in [0.1, 0.15) is 47.7 Å². The van der Waals surface area contributed by atoms with Crippen LogP contribution in [0.2, 0.25) is 0 Å². The van der Waals surface area contributed by atoms with E-state index in [2.05, 4.69) is 0 Å². The van der Waals surface area contributed by atoms with Gasteiger partial charge in [0, 0.05) is 32.6 Å². The fourth-order valence-electron chi connectivity index (χ4n) is 4.68. The predicted molar refractivity (Wildman–Crippen MR) is 94.8 cm³/mol. The molecule has 0 radical (unpaired) electrons. The van der Waals surface area contributed by atoms with E-state index in [1.54, 1.807) is 14.0 Å². The molecule has 134 valence electrons. The van der Waals surface area contributed by atoms with E-state index >= 15 is 0 Å². The molecule has 1 aliphatic carbocycles. The molecular weight excluding hydrogens is 316 g/mol. The Hall–Kier alpha value is -2.04. The van der Waals surface area contributed by atoms with Crippen LogP contribution in [-0.2, 0) is 17.6 Å².